The van der Waals surface area contributed by atoms with Gasteiger partial charge >= 0.3 is 0 Å². The molecule has 2 rings (SSSR count). The summed E-state index contributed by atoms with van der Waals surface area (Å²) in [5.41, 5.74) is 0.925. The van der Waals surface area contributed by atoms with E-state index in [-0.39, 0.29) is 17.8 Å². The lowest BCUT2D eigenvalue weighted by atomic mass is 10.0. The molecule has 1 heterocycles. The van der Waals surface area contributed by atoms with Crippen molar-refractivity contribution in [2.45, 2.75) is 32.4 Å². The fraction of sp³-hybridized carbons (Fsp3) is 0.467. The van der Waals surface area contributed by atoms with E-state index in [2.05, 4.69) is 10.2 Å². The molecule has 1 aromatic carbocycles. The van der Waals surface area contributed by atoms with Crippen LogP contribution in [0.3, 0.4) is 0 Å². The molecule has 1 atom stereocenters. The van der Waals surface area contributed by atoms with E-state index in [0.717, 1.165) is 25.9 Å². The van der Waals surface area contributed by atoms with Crippen molar-refractivity contribution in [1.29, 1.82) is 5.26 Å². The van der Waals surface area contributed by atoms with E-state index in [0.29, 0.717) is 17.7 Å². The number of hydrogen-bond donors (Lipinski definition) is 1. The lowest BCUT2D eigenvalue weighted by Crippen LogP contribution is -2.46. The summed E-state index contributed by atoms with van der Waals surface area (Å²) < 4.78 is 13.9. The normalized spacial score (nSPS) is 19.4. The van der Waals surface area contributed by atoms with E-state index in [1.54, 1.807) is 12.1 Å². The Morgan fingerprint density at radius 2 is 2.40 bits per heavy atom. The summed E-state index contributed by atoms with van der Waals surface area (Å²) in [6.45, 7) is 3.65. The van der Waals surface area contributed by atoms with Gasteiger partial charge in [0, 0.05) is 31.6 Å². The molecule has 106 valence electrons. The minimum absolute atomic E-state index is 0.0265. The fourth-order valence-corrected chi connectivity index (χ4v) is 2.59. The molecule has 1 unspecified atom stereocenters. The maximum Gasteiger partial charge on any atom is 0.217 e. The van der Waals surface area contributed by atoms with E-state index >= 15 is 0 Å². The first-order valence-corrected chi connectivity index (χ1v) is 6.76. The molecule has 1 fully saturated rings. The Labute approximate surface area is 118 Å². The number of likely N-dealkylation sites (tertiary alicyclic amines) is 1. The molecule has 1 aromatic rings. The number of nitrogens with one attached hydrogen (secondary N) is 1. The van der Waals surface area contributed by atoms with Gasteiger partial charge in [0.2, 0.25) is 5.91 Å². The van der Waals surface area contributed by atoms with Crippen molar-refractivity contribution in [2.75, 3.05) is 13.1 Å². The van der Waals surface area contributed by atoms with E-state index in [1.165, 1.54) is 13.0 Å². The Balaban J connectivity index is 1.99. The molecule has 4 nitrogen and oxygen atoms in total. The second-order valence-corrected chi connectivity index (χ2v) is 5.19. The van der Waals surface area contributed by atoms with Crippen LogP contribution in [0.2, 0.25) is 0 Å². The van der Waals surface area contributed by atoms with Crippen LogP contribution < -0.4 is 5.32 Å². The molecule has 1 saturated heterocycles. The first-order chi connectivity index (χ1) is 9.58. The van der Waals surface area contributed by atoms with Crippen LogP contribution in [0, 0.1) is 17.1 Å². The average molecular weight is 275 g/mol. The predicted molar refractivity (Wildman–Crippen MR) is 73.2 cm³/mol. The largest absolute Gasteiger partial charge is 0.352 e. The van der Waals surface area contributed by atoms with Crippen LogP contribution in [0.5, 0.6) is 0 Å². The third kappa shape index (κ3) is 3.78. The zero-order valence-corrected chi connectivity index (χ0v) is 11.5. The molecule has 0 aromatic heterocycles. The number of carbonyl (C=O) groups is 1. The second kappa shape index (κ2) is 6.49. The van der Waals surface area contributed by atoms with Crippen LogP contribution in [0.4, 0.5) is 4.39 Å². The lowest BCUT2D eigenvalue weighted by molar-refractivity contribution is -0.120. The number of rotatable bonds is 3. The summed E-state index contributed by atoms with van der Waals surface area (Å²) in [5.74, 6) is -0.368. The van der Waals surface area contributed by atoms with Gasteiger partial charge in [0.25, 0.3) is 0 Å². The summed E-state index contributed by atoms with van der Waals surface area (Å²) in [7, 11) is 0. The summed E-state index contributed by atoms with van der Waals surface area (Å²) >= 11 is 0. The monoisotopic (exact) mass is 275 g/mol. The minimum Gasteiger partial charge on any atom is -0.352 e. The highest BCUT2D eigenvalue weighted by Crippen LogP contribution is 2.16. The molecular formula is C15H18FN3O. The molecule has 5 heteroatoms. The van der Waals surface area contributed by atoms with Crippen molar-refractivity contribution < 1.29 is 9.18 Å². The second-order valence-electron chi connectivity index (χ2n) is 5.19. The minimum atomic E-state index is -0.342. The summed E-state index contributed by atoms with van der Waals surface area (Å²) in [4.78, 5) is 13.2. The Kier molecular flexibility index (Phi) is 4.70. The first-order valence-electron chi connectivity index (χ1n) is 6.76. The molecule has 1 amide bonds. The summed E-state index contributed by atoms with van der Waals surface area (Å²) in [6.07, 6.45) is 1.95. The number of amides is 1. The molecule has 20 heavy (non-hydrogen) atoms. The Morgan fingerprint density at radius 1 is 1.60 bits per heavy atom. The van der Waals surface area contributed by atoms with Crippen LogP contribution in [-0.4, -0.2) is 29.9 Å². The smallest absolute Gasteiger partial charge is 0.217 e. The van der Waals surface area contributed by atoms with Gasteiger partial charge in [-0.15, -0.1) is 0 Å². The topological polar surface area (TPSA) is 56.1 Å². The van der Waals surface area contributed by atoms with Crippen LogP contribution in [-0.2, 0) is 11.3 Å². The van der Waals surface area contributed by atoms with Crippen molar-refractivity contribution >= 4 is 5.91 Å². The molecular weight excluding hydrogens is 257 g/mol. The number of nitrogens with zero attached hydrogens (tertiary/aromatic N) is 2. The first kappa shape index (κ1) is 14.5. The molecule has 0 radical (unpaired) electrons. The number of benzene rings is 1. The van der Waals surface area contributed by atoms with Gasteiger partial charge in [-0.05, 0) is 31.5 Å². The van der Waals surface area contributed by atoms with Crippen LogP contribution >= 0.6 is 0 Å². The number of halogens is 1. The molecule has 1 N–H and O–H groups in total. The van der Waals surface area contributed by atoms with Crippen LogP contribution in [0.25, 0.3) is 0 Å². The standard InChI is InChI=1S/C15H18FN3O/c1-11(20)18-14-3-2-6-19(10-14)9-13-5-4-12(8-17)7-15(13)16/h4-5,7,14H,2-3,6,9-10H2,1H3,(H,18,20). The quantitative estimate of drug-likeness (QED) is 0.915. The summed E-state index contributed by atoms with van der Waals surface area (Å²) in [5, 5.41) is 11.6. The van der Waals surface area contributed by atoms with Crippen molar-refractivity contribution in [3.63, 3.8) is 0 Å². The van der Waals surface area contributed by atoms with Crippen LogP contribution in [0.15, 0.2) is 18.2 Å². The molecule has 1 aliphatic rings. The van der Waals surface area contributed by atoms with Gasteiger partial charge in [0.05, 0.1) is 11.6 Å². The van der Waals surface area contributed by atoms with Gasteiger partial charge in [-0.25, -0.2) is 4.39 Å². The van der Waals surface area contributed by atoms with Gasteiger partial charge in [-0.2, -0.15) is 5.26 Å². The fourth-order valence-electron chi connectivity index (χ4n) is 2.59. The average Bonchev–Trinajstić information content (AvgIpc) is 2.41. The van der Waals surface area contributed by atoms with E-state index in [9.17, 15) is 9.18 Å². The van der Waals surface area contributed by atoms with E-state index in [4.69, 9.17) is 5.26 Å². The van der Waals surface area contributed by atoms with Gasteiger partial charge in [0.15, 0.2) is 0 Å². The van der Waals surface area contributed by atoms with Gasteiger partial charge in [0.1, 0.15) is 5.82 Å². The zero-order chi connectivity index (χ0) is 14.5. The van der Waals surface area contributed by atoms with Crippen LogP contribution in [0.1, 0.15) is 30.9 Å². The van der Waals surface area contributed by atoms with E-state index < -0.39 is 0 Å². The predicted octanol–water partition coefficient (Wildman–Crippen LogP) is 1.80. The number of piperidine rings is 1. The zero-order valence-electron chi connectivity index (χ0n) is 11.5. The highest BCUT2D eigenvalue weighted by molar-refractivity contribution is 5.73. The highest BCUT2D eigenvalue weighted by Gasteiger charge is 2.21. The molecule has 0 saturated carbocycles. The molecule has 0 spiro atoms. The SMILES string of the molecule is CC(=O)NC1CCCN(Cc2ccc(C#N)cc2F)C1. The third-order valence-electron chi connectivity index (χ3n) is 3.49. The third-order valence-corrected chi connectivity index (χ3v) is 3.49. The lowest BCUT2D eigenvalue weighted by Gasteiger charge is -2.33. The molecule has 1 aliphatic heterocycles. The number of nitriles is 1. The van der Waals surface area contributed by atoms with Gasteiger partial charge < -0.3 is 5.32 Å². The van der Waals surface area contributed by atoms with Crippen molar-refractivity contribution in [3.8, 4) is 6.07 Å². The Hall–Kier alpha value is -1.93. The maximum absolute atomic E-state index is 13.9. The van der Waals surface area contributed by atoms with Crippen molar-refractivity contribution in [3.05, 3.63) is 35.1 Å². The highest BCUT2D eigenvalue weighted by atomic mass is 19.1. The van der Waals surface area contributed by atoms with Gasteiger partial charge in [-0.1, -0.05) is 6.07 Å². The Bertz CT molecular complexity index is 538. The van der Waals surface area contributed by atoms with Crippen molar-refractivity contribution in [1.82, 2.24) is 10.2 Å². The van der Waals surface area contributed by atoms with Crippen molar-refractivity contribution in [2.24, 2.45) is 0 Å². The number of carbonyl (C=O) groups excluding carboxylic acids is 1. The summed E-state index contributed by atoms with van der Waals surface area (Å²) in [6, 6.07) is 6.63. The molecule has 0 aliphatic carbocycles. The number of hydrogen-bond acceptors (Lipinski definition) is 3. The molecule has 0 bridgehead atoms. The maximum atomic E-state index is 13.9. The van der Waals surface area contributed by atoms with E-state index in [1.807, 2.05) is 6.07 Å². The Morgan fingerprint density at radius 3 is 3.05 bits per heavy atom. The van der Waals surface area contributed by atoms with Gasteiger partial charge in [-0.3, -0.25) is 9.69 Å².